The van der Waals surface area contributed by atoms with E-state index in [0.29, 0.717) is 113 Å². The summed E-state index contributed by atoms with van der Waals surface area (Å²) >= 11 is 0. The van der Waals surface area contributed by atoms with Crippen molar-refractivity contribution < 1.29 is 28.4 Å². The van der Waals surface area contributed by atoms with E-state index in [0.717, 1.165) is 132 Å². The van der Waals surface area contributed by atoms with Gasteiger partial charge in [-0.3, -0.25) is 0 Å². The smallest absolute Gasteiger partial charge is 0.265 e. The number of rotatable bonds is 34. The fraction of sp³-hybridized carbons (Fsp3) is 0.321. The van der Waals surface area contributed by atoms with Gasteiger partial charge in [-0.25, -0.2) is 30.3 Å². The molecule has 0 heterocycles. The van der Waals surface area contributed by atoms with Gasteiger partial charge in [-0.15, -0.1) is 0 Å². The number of nitriles is 5. The van der Waals surface area contributed by atoms with Gasteiger partial charge in [0.1, 0.15) is 91.8 Å². The molecule has 0 aromatic heterocycles. The van der Waals surface area contributed by atoms with Crippen LogP contribution >= 0.6 is 0 Å². The largest absolute Gasteiger partial charge is 0.492 e. The van der Waals surface area contributed by atoms with Crippen LogP contribution in [0.25, 0.3) is 38.8 Å². The summed E-state index contributed by atoms with van der Waals surface area (Å²) in [6.45, 7) is 46.2. The molecule has 4 aliphatic rings. The molecule has 0 radical (unpaired) electrons. The topological polar surface area (TPSA) is 200 Å². The number of ether oxygens (including phenoxy) is 6. The maximum Gasteiger partial charge on any atom is 0.265 e. The van der Waals surface area contributed by atoms with Crippen LogP contribution in [0.2, 0.25) is 0 Å². The van der Waals surface area contributed by atoms with Crippen LogP contribution in [0.15, 0.2) is 268 Å². The summed E-state index contributed by atoms with van der Waals surface area (Å²) in [4.78, 5) is 19.1. The molecule has 0 fully saturated rings. The number of hydrogen-bond donors (Lipinski definition) is 0. The minimum Gasteiger partial charge on any atom is -0.492 e. The minimum atomic E-state index is -0.0784. The standard InChI is InChI=1S/C109H112N12O6/c1-77-49-97(126-75-86-55-99(122-45-41-118(13)93-33-25-78(26-34-93)17-21-82-51-88(92(70-110)71-111)66-106(2,3)62-82)60-100(56-86)123-46-42-119(14)94-35-27-79(28-36-94)18-22-83-52-89(103(72-112)115-10)67-107(4,5)63-83)59-98(50-77)127-76-87-57-101(124-47-43-120(15)95-37-29-80(30-38-95)19-23-84-53-90(104(73-113)116-11)68-108(6,7)64-84)61-102(58-87)125-48-44-121(16)96-39-31-81(32-40-96)20-24-85-54-91(105(74-114)117-12)69-109(8,9)65-85/h17-40,49-61H,41-48,62-69,75-76H2,1-9,13-16H3/b21-17+,22-18+,23-19+,24-20+,103-89+,104-90-,105-91+. The summed E-state index contributed by atoms with van der Waals surface area (Å²) in [6, 6.07) is 61.5. The van der Waals surface area contributed by atoms with Crippen LogP contribution in [-0.2, 0) is 13.2 Å². The van der Waals surface area contributed by atoms with E-state index >= 15 is 0 Å². The monoisotopic (exact) mass is 1680 g/mol. The lowest BCUT2D eigenvalue weighted by molar-refractivity contribution is 0.282. The van der Waals surface area contributed by atoms with Crippen LogP contribution in [0.1, 0.15) is 146 Å². The van der Waals surface area contributed by atoms with E-state index in [4.69, 9.17) is 48.1 Å². The Hall–Kier alpha value is -14.7. The van der Waals surface area contributed by atoms with E-state index < -0.39 is 0 Å². The lowest BCUT2D eigenvalue weighted by Gasteiger charge is -2.30. The number of nitrogens with zero attached hydrogens (tertiary/aromatic N) is 12. The number of allylic oxidation sites excluding steroid dienone is 20. The lowest BCUT2D eigenvalue weighted by Crippen LogP contribution is -2.24. The highest BCUT2D eigenvalue weighted by Gasteiger charge is 2.31. The number of hydrogen-bond acceptors (Lipinski definition) is 15. The van der Waals surface area contributed by atoms with Crippen LogP contribution in [0.3, 0.4) is 0 Å². The molecule has 0 bridgehead atoms. The Morgan fingerprint density at radius 2 is 0.559 bits per heavy atom. The van der Waals surface area contributed by atoms with Gasteiger partial charge in [0.2, 0.25) is 0 Å². The molecular weight excluding hydrogens is 1570 g/mol. The van der Waals surface area contributed by atoms with E-state index in [2.05, 4.69) is 266 Å². The van der Waals surface area contributed by atoms with Crippen LogP contribution in [0, 0.1) is 105 Å². The molecule has 0 unspecified atom stereocenters. The van der Waals surface area contributed by atoms with Gasteiger partial charge in [0.25, 0.3) is 17.1 Å². The van der Waals surface area contributed by atoms with Gasteiger partial charge >= 0.3 is 0 Å². The number of aryl methyl sites for hydroxylation is 1. The number of likely N-dealkylation sites (N-methyl/N-ethyl adjacent to an activating group) is 4. The van der Waals surface area contributed by atoms with Crippen molar-refractivity contribution >= 4 is 47.1 Å². The highest BCUT2D eigenvalue weighted by Crippen LogP contribution is 2.45. The van der Waals surface area contributed by atoms with Gasteiger partial charge in [-0.2, -0.15) is 10.5 Å². The van der Waals surface area contributed by atoms with Crippen molar-refractivity contribution in [3.63, 3.8) is 0 Å². The molecule has 7 aromatic rings. The SMILES string of the molecule is [C-]#[N+]/C(C#N)=C1C=C(/C=C/c2ccc(N(C)CCOc3cc(COc4cc(C)cc(OCc5cc(OCCN(C)c6ccc(/C=C/C7=CC(=C(/C#N)[N+]#[C-])/CC(C)(C)C7)cc6)cc(OCCN(C)c6ccc(/C=C/C7=CC(=C(\C#N)[N+]#[C-])/CC(C)(C)C7)cc6)c5)c4)cc(OCCN(C)c4ccc(/C=C/C5=CC(=C(C#N)C#N)CC(C)(C)C5)cc4)c3)cc2)CC(C)(C)C\1. The van der Waals surface area contributed by atoms with Gasteiger partial charge in [-0.05, 0) is 248 Å². The van der Waals surface area contributed by atoms with Crippen molar-refractivity contribution in [2.75, 3.05) is 100 Å². The Morgan fingerprint density at radius 3 is 0.795 bits per heavy atom. The molecule has 0 N–H and O–H groups in total. The van der Waals surface area contributed by atoms with Crippen LogP contribution in [-0.4, -0.2) is 80.8 Å². The average Bonchev–Trinajstić information content (AvgIpc) is 0.826. The predicted molar refractivity (Wildman–Crippen MR) is 510 cm³/mol. The van der Waals surface area contributed by atoms with Crippen molar-refractivity contribution in [3.8, 4) is 64.8 Å². The first-order chi connectivity index (χ1) is 60.9. The van der Waals surface area contributed by atoms with Crippen molar-refractivity contribution in [2.24, 2.45) is 21.7 Å². The van der Waals surface area contributed by atoms with Gasteiger partial charge < -0.3 is 48.0 Å². The van der Waals surface area contributed by atoms with Gasteiger partial charge in [-0.1, -0.05) is 177 Å². The Kier molecular flexibility index (Phi) is 31.6. The van der Waals surface area contributed by atoms with E-state index in [1.807, 2.05) is 114 Å². The van der Waals surface area contributed by atoms with Crippen LogP contribution < -0.4 is 48.0 Å². The Balaban J connectivity index is 0.766. The zero-order valence-corrected chi connectivity index (χ0v) is 75.4. The molecule has 644 valence electrons. The molecule has 0 aliphatic heterocycles. The molecule has 127 heavy (non-hydrogen) atoms. The summed E-state index contributed by atoms with van der Waals surface area (Å²) in [5.74, 6) is 3.75. The molecule has 11 rings (SSSR count). The summed E-state index contributed by atoms with van der Waals surface area (Å²) in [5, 5.41) is 48.1. The quantitative estimate of drug-likeness (QED) is 0.0272. The van der Waals surface area contributed by atoms with Crippen molar-refractivity contribution in [3.05, 3.63) is 341 Å². The molecule has 4 aliphatic carbocycles. The average molecular weight is 1690 g/mol. The lowest BCUT2D eigenvalue weighted by atomic mass is 9.74. The number of benzene rings is 7. The highest BCUT2D eigenvalue weighted by molar-refractivity contribution is 5.64. The number of anilines is 4. The van der Waals surface area contributed by atoms with Crippen LogP contribution in [0.4, 0.5) is 22.7 Å². The van der Waals surface area contributed by atoms with E-state index in [1.165, 1.54) is 0 Å². The van der Waals surface area contributed by atoms with Crippen molar-refractivity contribution in [2.45, 2.75) is 127 Å². The highest BCUT2D eigenvalue weighted by atomic mass is 16.5. The van der Waals surface area contributed by atoms with Gasteiger partial charge in [0.05, 0.1) is 64.1 Å². The second-order valence-electron chi connectivity index (χ2n) is 36.3. The van der Waals surface area contributed by atoms with Crippen molar-refractivity contribution in [1.82, 2.24) is 0 Å². The second-order valence-corrected chi connectivity index (χ2v) is 36.3. The van der Waals surface area contributed by atoms with E-state index in [-0.39, 0.29) is 57.5 Å². The first-order valence-electron chi connectivity index (χ1n) is 42.9. The molecule has 0 saturated carbocycles. The molecule has 0 spiro atoms. The van der Waals surface area contributed by atoms with Crippen molar-refractivity contribution in [1.29, 1.82) is 26.3 Å². The van der Waals surface area contributed by atoms with Gasteiger partial charge in [0.15, 0.2) is 0 Å². The first kappa shape index (κ1) is 93.0. The molecule has 0 amide bonds. The fourth-order valence-electron chi connectivity index (χ4n) is 16.4. The van der Waals surface area contributed by atoms with Crippen LogP contribution in [0.5, 0.6) is 34.5 Å². The fourth-order valence-corrected chi connectivity index (χ4v) is 16.4. The van der Waals surface area contributed by atoms with E-state index in [9.17, 15) is 26.3 Å². The molecular formula is C109H112N12O6. The third kappa shape index (κ3) is 27.7. The molecule has 7 aromatic carbocycles. The Labute approximate surface area is 751 Å². The third-order valence-electron chi connectivity index (χ3n) is 22.7. The minimum absolute atomic E-state index is 0.0709. The maximum absolute atomic E-state index is 9.63. The normalized spacial score (nSPS) is 16.7. The molecule has 18 heteroatoms. The second kappa shape index (κ2) is 43.1. The molecule has 0 atom stereocenters. The zero-order valence-electron chi connectivity index (χ0n) is 75.4. The zero-order chi connectivity index (χ0) is 90.8. The summed E-state index contributed by atoms with van der Waals surface area (Å²) in [6.07, 6.45) is 30.7. The maximum atomic E-state index is 9.63. The summed E-state index contributed by atoms with van der Waals surface area (Å²) in [5.41, 5.74) is 18.7. The molecule has 18 nitrogen and oxygen atoms in total. The first-order valence-corrected chi connectivity index (χ1v) is 42.9. The summed E-state index contributed by atoms with van der Waals surface area (Å²) in [7, 11) is 8.17. The Morgan fingerprint density at radius 1 is 0.323 bits per heavy atom. The summed E-state index contributed by atoms with van der Waals surface area (Å²) < 4.78 is 39.6. The van der Waals surface area contributed by atoms with E-state index in [1.54, 1.807) is 0 Å². The third-order valence-corrected chi connectivity index (χ3v) is 22.7. The Bertz CT molecular complexity index is 5210. The van der Waals surface area contributed by atoms with Gasteiger partial charge in [0, 0.05) is 69.1 Å². The molecule has 0 saturated heterocycles. The predicted octanol–water partition coefficient (Wildman–Crippen LogP) is 24.7.